The predicted octanol–water partition coefficient (Wildman–Crippen LogP) is 3.21. The van der Waals surface area contributed by atoms with Crippen molar-refractivity contribution in [3.8, 4) is 0 Å². The monoisotopic (exact) mass is 284 g/mol. The molecular weight excluding hydrogens is 272 g/mol. The van der Waals surface area contributed by atoms with Crippen LogP contribution in [0.4, 0.5) is 0 Å². The van der Waals surface area contributed by atoms with Gasteiger partial charge in [0.1, 0.15) is 18.4 Å². The lowest BCUT2D eigenvalue weighted by molar-refractivity contribution is 0.468. The molecule has 0 radical (unpaired) electrons. The van der Waals surface area contributed by atoms with Gasteiger partial charge in [-0.05, 0) is 31.2 Å². The fourth-order valence-corrected chi connectivity index (χ4v) is 2.34. The number of furan rings is 1. The van der Waals surface area contributed by atoms with Crippen molar-refractivity contribution >= 4 is 18.0 Å². The molecule has 0 unspecified atom stereocenters. The summed E-state index contributed by atoms with van der Waals surface area (Å²) in [6.07, 6.45) is 4.66. The van der Waals surface area contributed by atoms with Crippen molar-refractivity contribution in [3.63, 3.8) is 0 Å². The third-order valence-corrected chi connectivity index (χ3v) is 3.49. The molecule has 0 fully saturated rings. The maximum absolute atomic E-state index is 5.68. The summed E-state index contributed by atoms with van der Waals surface area (Å²) in [5.74, 6) is 0.688. The van der Waals surface area contributed by atoms with E-state index in [2.05, 4.69) is 46.5 Å². The number of rotatable bonds is 4. The Morgan fingerprint density at radius 3 is 2.60 bits per heavy atom. The van der Waals surface area contributed by atoms with Crippen molar-refractivity contribution in [2.75, 3.05) is 0 Å². The van der Waals surface area contributed by atoms with E-state index in [1.54, 1.807) is 18.0 Å². The van der Waals surface area contributed by atoms with Gasteiger partial charge < -0.3 is 4.42 Å². The molecule has 1 aromatic carbocycles. The highest BCUT2D eigenvalue weighted by Gasteiger charge is 2.02. The zero-order valence-electron chi connectivity index (χ0n) is 10.8. The van der Waals surface area contributed by atoms with Crippen LogP contribution in [0.5, 0.6) is 0 Å². The lowest BCUT2D eigenvalue weighted by Crippen LogP contribution is -1.84. The average Bonchev–Trinajstić information content (AvgIpc) is 3.10. The molecule has 0 aliphatic heterocycles. The van der Waals surface area contributed by atoms with Gasteiger partial charge in [-0.15, -0.1) is 10.2 Å². The van der Waals surface area contributed by atoms with Gasteiger partial charge in [0, 0.05) is 4.90 Å². The summed E-state index contributed by atoms with van der Waals surface area (Å²) < 4.78 is 7.18. The Bertz CT molecular complexity index is 701. The SMILES string of the molecule is Cc1ccc(Sc2ccc(C=Nn3cnnc3)o2)cc1. The number of benzene rings is 1. The first kappa shape index (κ1) is 12.7. The van der Waals surface area contributed by atoms with Crippen LogP contribution in [0.2, 0.25) is 0 Å². The number of aromatic nitrogens is 3. The molecule has 2 heterocycles. The minimum Gasteiger partial charge on any atom is -0.448 e. The van der Waals surface area contributed by atoms with Crippen molar-refractivity contribution in [1.82, 2.24) is 14.9 Å². The van der Waals surface area contributed by atoms with Crippen molar-refractivity contribution < 1.29 is 4.42 Å². The Hall–Kier alpha value is -2.34. The van der Waals surface area contributed by atoms with Gasteiger partial charge in [-0.1, -0.05) is 29.5 Å². The summed E-state index contributed by atoms with van der Waals surface area (Å²) in [7, 11) is 0. The van der Waals surface area contributed by atoms with Crippen LogP contribution in [0.25, 0.3) is 0 Å². The van der Waals surface area contributed by atoms with Gasteiger partial charge in [0.25, 0.3) is 0 Å². The van der Waals surface area contributed by atoms with Gasteiger partial charge in [-0.2, -0.15) is 5.10 Å². The number of hydrogen-bond acceptors (Lipinski definition) is 5. The van der Waals surface area contributed by atoms with E-state index in [1.165, 1.54) is 22.9 Å². The zero-order chi connectivity index (χ0) is 13.8. The molecule has 20 heavy (non-hydrogen) atoms. The molecule has 0 amide bonds. The normalized spacial score (nSPS) is 11.2. The molecule has 0 spiro atoms. The minimum atomic E-state index is 0.688. The molecule has 0 bridgehead atoms. The van der Waals surface area contributed by atoms with Gasteiger partial charge in [0.15, 0.2) is 5.09 Å². The third kappa shape index (κ3) is 3.16. The molecule has 100 valence electrons. The van der Waals surface area contributed by atoms with Crippen LogP contribution in [-0.2, 0) is 0 Å². The van der Waals surface area contributed by atoms with E-state index in [-0.39, 0.29) is 0 Å². The summed E-state index contributed by atoms with van der Waals surface area (Å²) in [5, 5.41) is 12.3. The van der Waals surface area contributed by atoms with Crippen molar-refractivity contribution in [3.05, 3.63) is 60.4 Å². The maximum atomic E-state index is 5.68. The second-order valence-corrected chi connectivity index (χ2v) is 5.24. The van der Waals surface area contributed by atoms with Gasteiger partial charge in [-0.3, -0.25) is 0 Å². The third-order valence-electron chi connectivity index (χ3n) is 2.57. The van der Waals surface area contributed by atoms with Crippen LogP contribution in [0, 0.1) is 6.92 Å². The Kier molecular flexibility index (Phi) is 3.64. The molecule has 0 aliphatic carbocycles. The maximum Gasteiger partial charge on any atom is 0.165 e. The van der Waals surface area contributed by atoms with E-state index < -0.39 is 0 Å². The summed E-state index contributed by atoms with van der Waals surface area (Å²) in [6, 6.07) is 12.1. The van der Waals surface area contributed by atoms with Gasteiger partial charge >= 0.3 is 0 Å². The molecule has 5 nitrogen and oxygen atoms in total. The fraction of sp³-hybridized carbons (Fsp3) is 0.0714. The van der Waals surface area contributed by atoms with Crippen molar-refractivity contribution in [2.24, 2.45) is 5.10 Å². The van der Waals surface area contributed by atoms with E-state index >= 15 is 0 Å². The van der Waals surface area contributed by atoms with E-state index in [0.717, 1.165) is 9.99 Å². The van der Waals surface area contributed by atoms with Gasteiger partial charge in [0.2, 0.25) is 0 Å². The largest absolute Gasteiger partial charge is 0.448 e. The smallest absolute Gasteiger partial charge is 0.165 e. The number of hydrogen-bond donors (Lipinski definition) is 0. The van der Waals surface area contributed by atoms with Crippen LogP contribution in [-0.4, -0.2) is 21.1 Å². The van der Waals surface area contributed by atoms with Crippen LogP contribution < -0.4 is 0 Å². The molecular formula is C14H12N4OS. The fourth-order valence-electron chi connectivity index (χ4n) is 1.56. The number of aryl methyl sites for hydroxylation is 1. The van der Waals surface area contributed by atoms with Crippen molar-refractivity contribution in [2.45, 2.75) is 16.9 Å². The highest BCUT2D eigenvalue weighted by molar-refractivity contribution is 7.99. The summed E-state index contributed by atoms with van der Waals surface area (Å²) in [5.41, 5.74) is 1.25. The number of nitrogens with zero attached hydrogens (tertiary/aromatic N) is 4. The van der Waals surface area contributed by atoms with Crippen LogP contribution in [0.15, 0.2) is 68.6 Å². The Morgan fingerprint density at radius 1 is 1.10 bits per heavy atom. The molecule has 0 saturated heterocycles. The first-order chi connectivity index (χ1) is 9.79. The highest BCUT2D eigenvalue weighted by Crippen LogP contribution is 2.28. The molecule has 2 aromatic heterocycles. The predicted molar refractivity (Wildman–Crippen MR) is 77.0 cm³/mol. The molecule has 0 aliphatic rings. The first-order valence-electron chi connectivity index (χ1n) is 6.03. The van der Waals surface area contributed by atoms with Crippen molar-refractivity contribution in [1.29, 1.82) is 0 Å². The first-order valence-corrected chi connectivity index (χ1v) is 6.84. The highest BCUT2D eigenvalue weighted by atomic mass is 32.2. The molecule has 0 atom stereocenters. The second-order valence-electron chi connectivity index (χ2n) is 4.16. The minimum absolute atomic E-state index is 0.688. The van der Waals surface area contributed by atoms with E-state index in [0.29, 0.717) is 5.76 Å². The van der Waals surface area contributed by atoms with Gasteiger partial charge in [0.05, 0.1) is 6.21 Å². The second kappa shape index (κ2) is 5.75. The van der Waals surface area contributed by atoms with E-state index in [4.69, 9.17) is 4.42 Å². The topological polar surface area (TPSA) is 56.2 Å². The molecule has 6 heteroatoms. The quantitative estimate of drug-likeness (QED) is 0.690. The molecule has 3 aromatic rings. The summed E-state index contributed by atoms with van der Waals surface area (Å²) >= 11 is 1.58. The Balaban J connectivity index is 1.69. The average molecular weight is 284 g/mol. The Labute approximate surface area is 120 Å². The van der Waals surface area contributed by atoms with E-state index in [1.807, 2.05) is 12.1 Å². The summed E-state index contributed by atoms with van der Waals surface area (Å²) in [6.45, 7) is 2.07. The standard InChI is InChI=1S/C14H12N4OS/c1-11-2-5-13(6-3-11)20-14-7-4-12(19-14)8-17-18-9-15-16-10-18/h2-10H,1H3. The molecule has 3 rings (SSSR count). The molecule has 0 saturated carbocycles. The Morgan fingerprint density at radius 2 is 1.85 bits per heavy atom. The lowest BCUT2D eigenvalue weighted by atomic mass is 10.2. The lowest BCUT2D eigenvalue weighted by Gasteiger charge is -1.98. The van der Waals surface area contributed by atoms with E-state index in [9.17, 15) is 0 Å². The molecule has 0 N–H and O–H groups in total. The zero-order valence-corrected chi connectivity index (χ0v) is 11.6. The van der Waals surface area contributed by atoms with Crippen LogP contribution in [0.1, 0.15) is 11.3 Å². The van der Waals surface area contributed by atoms with Crippen LogP contribution >= 0.6 is 11.8 Å². The van der Waals surface area contributed by atoms with Crippen LogP contribution in [0.3, 0.4) is 0 Å². The van der Waals surface area contributed by atoms with Gasteiger partial charge in [-0.25, -0.2) is 4.68 Å². The summed E-state index contributed by atoms with van der Waals surface area (Å²) in [4.78, 5) is 1.15.